The molecule has 0 bridgehead atoms. The zero-order valence-corrected chi connectivity index (χ0v) is 10.7. The monoisotopic (exact) mass is 264 g/mol. The molecule has 1 aromatic heterocycles. The van der Waals surface area contributed by atoms with E-state index in [1.807, 2.05) is 12.1 Å². The molecule has 1 saturated carbocycles. The number of nitrogens with one attached hydrogen (secondary N) is 1. The van der Waals surface area contributed by atoms with Gasteiger partial charge in [-0.25, -0.2) is 4.98 Å². The highest BCUT2D eigenvalue weighted by Crippen LogP contribution is 2.40. The average molecular weight is 265 g/mol. The summed E-state index contributed by atoms with van der Waals surface area (Å²) in [5.74, 6) is 1.07. The fraction of sp³-hybridized carbons (Fsp3) is 0.385. The van der Waals surface area contributed by atoms with Gasteiger partial charge in [-0.3, -0.25) is 4.79 Å². The van der Waals surface area contributed by atoms with Crippen molar-refractivity contribution in [3.63, 3.8) is 0 Å². The summed E-state index contributed by atoms with van der Waals surface area (Å²) in [6, 6.07) is 5.42. The highest BCUT2D eigenvalue weighted by atomic mass is 35.5. The predicted molar refractivity (Wildman–Crippen MR) is 69.9 cm³/mol. The van der Waals surface area contributed by atoms with Crippen molar-refractivity contribution in [3.8, 4) is 0 Å². The maximum atomic E-state index is 11.5. The van der Waals surface area contributed by atoms with Crippen molar-refractivity contribution in [2.75, 3.05) is 5.32 Å². The molecule has 0 radical (unpaired) electrons. The van der Waals surface area contributed by atoms with Crippen LogP contribution >= 0.6 is 11.6 Å². The minimum Gasteiger partial charge on any atom is -0.440 e. The van der Waals surface area contributed by atoms with Gasteiger partial charge in [-0.2, -0.15) is 0 Å². The lowest BCUT2D eigenvalue weighted by molar-refractivity contribution is -0.115. The van der Waals surface area contributed by atoms with Gasteiger partial charge < -0.3 is 9.73 Å². The first-order valence-electron chi connectivity index (χ1n) is 5.99. The molecule has 1 N–H and O–H groups in total. The van der Waals surface area contributed by atoms with E-state index in [0.29, 0.717) is 11.6 Å². The van der Waals surface area contributed by atoms with E-state index in [4.69, 9.17) is 16.0 Å². The number of halogens is 1. The van der Waals surface area contributed by atoms with E-state index in [1.165, 1.54) is 0 Å². The van der Waals surface area contributed by atoms with Crippen LogP contribution in [0.2, 0.25) is 0 Å². The Morgan fingerprint density at radius 1 is 1.56 bits per heavy atom. The molecule has 1 amide bonds. The Labute approximate surface area is 109 Å². The second-order valence-electron chi connectivity index (χ2n) is 4.61. The van der Waals surface area contributed by atoms with Crippen LogP contribution in [-0.4, -0.2) is 16.3 Å². The van der Waals surface area contributed by atoms with E-state index in [9.17, 15) is 4.79 Å². The molecular weight excluding hydrogens is 252 g/mol. The molecule has 0 aliphatic heterocycles. The number of hydrogen-bond donors (Lipinski definition) is 1. The molecular formula is C13H13ClN2O2. The molecule has 2 aromatic rings. The van der Waals surface area contributed by atoms with Crippen LogP contribution in [-0.2, 0) is 4.79 Å². The van der Waals surface area contributed by atoms with Crippen molar-refractivity contribution < 1.29 is 9.21 Å². The largest absolute Gasteiger partial charge is 0.440 e. The summed E-state index contributed by atoms with van der Waals surface area (Å²) < 4.78 is 5.65. The van der Waals surface area contributed by atoms with Gasteiger partial charge in [0.15, 0.2) is 11.5 Å². The van der Waals surface area contributed by atoms with Gasteiger partial charge in [0.05, 0.1) is 0 Å². The van der Waals surface area contributed by atoms with Gasteiger partial charge in [-0.1, -0.05) is 0 Å². The van der Waals surface area contributed by atoms with Gasteiger partial charge in [0.2, 0.25) is 5.91 Å². The lowest BCUT2D eigenvalue weighted by Crippen LogP contribution is -2.20. The fourth-order valence-corrected chi connectivity index (χ4v) is 1.82. The molecule has 18 heavy (non-hydrogen) atoms. The van der Waals surface area contributed by atoms with Gasteiger partial charge in [-0.05, 0) is 38.0 Å². The highest BCUT2D eigenvalue weighted by Gasteiger charge is 2.28. The summed E-state index contributed by atoms with van der Waals surface area (Å²) in [6.45, 7) is 1.64. The number of carbonyl (C=O) groups is 1. The molecule has 5 heteroatoms. The van der Waals surface area contributed by atoms with Crippen LogP contribution in [0.4, 0.5) is 5.69 Å². The Balaban J connectivity index is 1.88. The summed E-state index contributed by atoms with van der Waals surface area (Å²) in [4.78, 5) is 15.9. The van der Waals surface area contributed by atoms with E-state index < -0.39 is 5.38 Å². The van der Waals surface area contributed by atoms with Crippen LogP contribution in [0.15, 0.2) is 22.6 Å². The minimum atomic E-state index is -0.556. The molecule has 1 fully saturated rings. The normalized spacial score (nSPS) is 16.8. The number of nitrogens with zero attached hydrogens (tertiary/aromatic N) is 1. The molecule has 1 heterocycles. The number of carbonyl (C=O) groups excluding carboxylic acids is 1. The Morgan fingerprint density at radius 2 is 2.33 bits per heavy atom. The Kier molecular flexibility index (Phi) is 2.74. The third kappa shape index (κ3) is 2.20. The van der Waals surface area contributed by atoms with Gasteiger partial charge >= 0.3 is 0 Å². The molecule has 1 atom stereocenters. The second-order valence-corrected chi connectivity index (χ2v) is 5.27. The number of rotatable bonds is 3. The van der Waals surface area contributed by atoms with Crippen LogP contribution in [0.5, 0.6) is 0 Å². The van der Waals surface area contributed by atoms with Gasteiger partial charge in [0, 0.05) is 11.6 Å². The summed E-state index contributed by atoms with van der Waals surface area (Å²) in [5, 5.41) is 2.18. The SMILES string of the molecule is CC(Cl)C(=O)Nc1ccc2oc(C3CC3)nc2c1. The molecule has 3 rings (SSSR count). The van der Waals surface area contributed by atoms with Gasteiger partial charge in [0.25, 0.3) is 0 Å². The summed E-state index contributed by atoms with van der Waals surface area (Å²) in [6.07, 6.45) is 2.31. The van der Waals surface area contributed by atoms with Crippen molar-refractivity contribution in [3.05, 3.63) is 24.1 Å². The summed E-state index contributed by atoms with van der Waals surface area (Å²) in [5.41, 5.74) is 2.22. The van der Waals surface area contributed by atoms with Crippen molar-refractivity contribution in [2.45, 2.75) is 31.1 Å². The lowest BCUT2D eigenvalue weighted by atomic mass is 10.3. The molecule has 94 valence electrons. The number of benzene rings is 1. The topological polar surface area (TPSA) is 55.1 Å². The molecule has 1 aromatic carbocycles. The Bertz CT molecular complexity index is 602. The van der Waals surface area contributed by atoms with Crippen LogP contribution in [0.25, 0.3) is 11.1 Å². The maximum absolute atomic E-state index is 11.5. The summed E-state index contributed by atoms with van der Waals surface area (Å²) in [7, 11) is 0. The first-order valence-corrected chi connectivity index (χ1v) is 6.42. The first-order chi connectivity index (χ1) is 8.63. The fourth-order valence-electron chi connectivity index (χ4n) is 1.77. The van der Waals surface area contributed by atoms with E-state index in [-0.39, 0.29) is 5.91 Å². The number of oxazole rings is 1. The highest BCUT2D eigenvalue weighted by molar-refractivity contribution is 6.32. The van der Waals surface area contributed by atoms with Gasteiger partial charge in [0.1, 0.15) is 10.9 Å². The van der Waals surface area contributed by atoms with Crippen molar-refractivity contribution in [1.82, 2.24) is 4.98 Å². The maximum Gasteiger partial charge on any atom is 0.242 e. The van der Waals surface area contributed by atoms with E-state index in [1.54, 1.807) is 13.0 Å². The van der Waals surface area contributed by atoms with Gasteiger partial charge in [-0.15, -0.1) is 11.6 Å². The molecule has 1 aliphatic carbocycles. The predicted octanol–water partition coefficient (Wildman–Crippen LogP) is 3.27. The summed E-state index contributed by atoms with van der Waals surface area (Å²) >= 11 is 5.70. The first kappa shape index (κ1) is 11.5. The number of amides is 1. The average Bonchev–Trinajstić information content (AvgIpc) is 3.09. The Morgan fingerprint density at radius 3 is 3.00 bits per heavy atom. The van der Waals surface area contributed by atoms with Crippen LogP contribution in [0, 0.1) is 0 Å². The van der Waals surface area contributed by atoms with Crippen molar-refractivity contribution in [1.29, 1.82) is 0 Å². The van der Waals surface area contributed by atoms with Crippen molar-refractivity contribution in [2.24, 2.45) is 0 Å². The Hall–Kier alpha value is -1.55. The molecule has 4 nitrogen and oxygen atoms in total. The van der Waals surface area contributed by atoms with E-state index >= 15 is 0 Å². The smallest absolute Gasteiger partial charge is 0.242 e. The third-order valence-electron chi connectivity index (χ3n) is 2.96. The minimum absolute atomic E-state index is 0.220. The number of alkyl halides is 1. The van der Waals surface area contributed by atoms with Crippen LogP contribution < -0.4 is 5.32 Å². The van der Waals surface area contributed by atoms with Crippen LogP contribution in [0.3, 0.4) is 0 Å². The number of hydrogen-bond acceptors (Lipinski definition) is 3. The zero-order valence-electron chi connectivity index (χ0n) is 9.94. The number of anilines is 1. The molecule has 0 spiro atoms. The quantitative estimate of drug-likeness (QED) is 0.866. The van der Waals surface area contributed by atoms with E-state index in [0.717, 1.165) is 29.8 Å². The third-order valence-corrected chi connectivity index (χ3v) is 3.16. The number of aromatic nitrogens is 1. The second kappa shape index (κ2) is 4.28. The number of fused-ring (bicyclic) bond motifs is 1. The van der Waals surface area contributed by atoms with Crippen molar-refractivity contribution >= 4 is 34.3 Å². The van der Waals surface area contributed by atoms with Crippen LogP contribution in [0.1, 0.15) is 31.6 Å². The van der Waals surface area contributed by atoms with E-state index in [2.05, 4.69) is 10.3 Å². The molecule has 1 aliphatic rings. The standard InChI is InChI=1S/C13H13ClN2O2/c1-7(14)12(17)15-9-4-5-11-10(6-9)16-13(18-11)8-2-3-8/h4-8H,2-3H2,1H3,(H,15,17). The molecule has 0 saturated heterocycles. The molecule has 1 unspecified atom stereocenters. The zero-order chi connectivity index (χ0) is 12.7. The lowest BCUT2D eigenvalue weighted by Gasteiger charge is -2.05.